The Kier molecular flexibility index (Phi) is 2.68. The second-order valence-corrected chi connectivity index (χ2v) is 4.19. The second kappa shape index (κ2) is 4.36. The van der Waals surface area contributed by atoms with Crippen LogP contribution in [0.15, 0.2) is 31.0 Å². The molecule has 0 spiro atoms. The van der Waals surface area contributed by atoms with Crippen molar-refractivity contribution in [1.82, 2.24) is 24.6 Å². The van der Waals surface area contributed by atoms with Crippen LogP contribution in [0.2, 0.25) is 5.15 Å². The molecule has 0 aliphatic rings. The molecule has 0 unspecified atom stereocenters. The zero-order valence-corrected chi connectivity index (χ0v) is 10.6. The quantitative estimate of drug-likeness (QED) is 0.527. The van der Waals surface area contributed by atoms with Crippen molar-refractivity contribution in [3.8, 4) is 11.4 Å². The molecule has 0 aliphatic carbocycles. The summed E-state index contributed by atoms with van der Waals surface area (Å²) in [5, 5.41) is 4.27. The lowest BCUT2D eigenvalue weighted by atomic mass is 10.3. The Bertz CT molecular complexity index is 784. The second-order valence-electron chi connectivity index (χ2n) is 3.83. The highest BCUT2D eigenvalue weighted by atomic mass is 35.5. The van der Waals surface area contributed by atoms with E-state index in [0.29, 0.717) is 16.1 Å². The fraction of sp³-hybridized carbons (Fsp3) is 0.0909. The van der Waals surface area contributed by atoms with Gasteiger partial charge in [0.15, 0.2) is 12.9 Å². The first-order valence-electron chi connectivity index (χ1n) is 5.38. The molecule has 0 saturated heterocycles. The van der Waals surface area contributed by atoms with Crippen LogP contribution in [-0.4, -0.2) is 36.4 Å². The fourth-order valence-corrected chi connectivity index (χ4v) is 1.95. The molecule has 3 heterocycles. The molecule has 0 fully saturated rings. The molecule has 94 valence electrons. The predicted molar refractivity (Wildman–Crippen MR) is 68.2 cm³/mol. The molecule has 19 heavy (non-hydrogen) atoms. The van der Waals surface area contributed by atoms with E-state index in [2.05, 4.69) is 20.1 Å². The molecule has 3 aromatic heterocycles. The van der Waals surface area contributed by atoms with Gasteiger partial charge in [0, 0.05) is 22.1 Å². The summed E-state index contributed by atoms with van der Waals surface area (Å²) >= 11 is 5.96. The highest BCUT2D eigenvalue weighted by Crippen LogP contribution is 2.25. The molecule has 3 aromatic rings. The summed E-state index contributed by atoms with van der Waals surface area (Å²) in [5.74, 6) is 0.401. The van der Waals surface area contributed by atoms with Gasteiger partial charge >= 0.3 is 5.69 Å². The van der Waals surface area contributed by atoms with Crippen LogP contribution in [0.3, 0.4) is 0 Å². The molecule has 0 aromatic carbocycles. The molecule has 3 rings (SSSR count). The number of nitroso groups, excluding NO2 is 1. The third-order valence-electron chi connectivity index (χ3n) is 2.63. The van der Waals surface area contributed by atoms with Crippen molar-refractivity contribution < 1.29 is 4.76 Å². The summed E-state index contributed by atoms with van der Waals surface area (Å²) in [7, 11) is 1.34. The van der Waals surface area contributed by atoms with E-state index in [0.717, 1.165) is 5.52 Å². The van der Waals surface area contributed by atoms with Crippen LogP contribution in [-0.2, 0) is 0 Å². The molecule has 7 nitrogen and oxygen atoms in total. The molecule has 0 atom stereocenters. The Labute approximate surface area is 112 Å². The number of nitrogens with zero attached hydrogens (tertiary/aromatic N) is 6. The maximum absolute atomic E-state index is 11.2. The number of fused-ring (bicyclic) bond motifs is 1. The largest absolute Gasteiger partial charge is 0.310 e. The van der Waals surface area contributed by atoms with Crippen molar-refractivity contribution >= 4 is 22.8 Å². The van der Waals surface area contributed by atoms with Gasteiger partial charge in [-0.25, -0.2) is 14.5 Å². The van der Waals surface area contributed by atoms with Crippen molar-refractivity contribution in [2.45, 2.75) is 0 Å². The van der Waals surface area contributed by atoms with Gasteiger partial charge in [0.1, 0.15) is 6.20 Å². The van der Waals surface area contributed by atoms with Crippen molar-refractivity contribution in [3.05, 3.63) is 41.0 Å². The lowest BCUT2D eigenvalue weighted by molar-refractivity contribution is -0.428. The molecule has 0 bridgehead atoms. The molecule has 0 saturated carbocycles. The maximum Gasteiger partial charge on any atom is 0.310 e. The van der Waals surface area contributed by atoms with Gasteiger partial charge in [-0.2, -0.15) is 5.10 Å². The third-order valence-corrected chi connectivity index (χ3v) is 2.91. The summed E-state index contributed by atoms with van der Waals surface area (Å²) in [6.45, 7) is 0. The van der Waals surface area contributed by atoms with E-state index in [9.17, 15) is 4.91 Å². The van der Waals surface area contributed by atoms with E-state index < -0.39 is 0 Å². The lowest BCUT2D eigenvalue weighted by Crippen LogP contribution is -1.97. The van der Waals surface area contributed by atoms with Crippen LogP contribution in [0.1, 0.15) is 0 Å². The first kappa shape index (κ1) is 11.7. The standard InChI is InChI=1S/C11H8ClN6O/c1-17(19)9-6-14-11(16-10(9)12)7-4-15-18-3-2-13-5-8(7)18/h2-6H,1H3/q+1. The van der Waals surface area contributed by atoms with E-state index in [1.165, 1.54) is 13.2 Å². The minimum absolute atomic E-state index is 0.103. The van der Waals surface area contributed by atoms with Gasteiger partial charge in [-0.05, 0) is 0 Å². The monoisotopic (exact) mass is 275 g/mol. The minimum atomic E-state index is 0.103. The summed E-state index contributed by atoms with van der Waals surface area (Å²) in [6.07, 6.45) is 8.03. The van der Waals surface area contributed by atoms with E-state index >= 15 is 0 Å². The van der Waals surface area contributed by atoms with Crippen molar-refractivity contribution in [2.75, 3.05) is 7.05 Å². The van der Waals surface area contributed by atoms with Crippen LogP contribution in [0.5, 0.6) is 0 Å². The number of hydrogen-bond donors (Lipinski definition) is 0. The molecular formula is C11H8ClN6O+. The zero-order chi connectivity index (χ0) is 13.4. The summed E-state index contributed by atoms with van der Waals surface area (Å²) in [6, 6.07) is 0. The maximum atomic E-state index is 11.2. The molecule has 0 aliphatic heterocycles. The first-order chi connectivity index (χ1) is 9.16. The topological polar surface area (TPSA) is 76.0 Å². The molecule has 0 N–H and O–H groups in total. The van der Waals surface area contributed by atoms with Gasteiger partial charge in [0.05, 0.1) is 23.5 Å². The van der Waals surface area contributed by atoms with Gasteiger partial charge < -0.3 is 0 Å². The van der Waals surface area contributed by atoms with E-state index in [1.807, 2.05) is 0 Å². The molecule has 8 heteroatoms. The van der Waals surface area contributed by atoms with E-state index in [1.54, 1.807) is 29.3 Å². The fourth-order valence-electron chi connectivity index (χ4n) is 1.70. The highest BCUT2D eigenvalue weighted by molar-refractivity contribution is 6.31. The van der Waals surface area contributed by atoms with E-state index in [4.69, 9.17) is 11.6 Å². The van der Waals surface area contributed by atoms with Gasteiger partial charge in [-0.15, -0.1) is 0 Å². The average Bonchev–Trinajstić information content (AvgIpc) is 2.82. The van der Waals surface area contributed by atoms with Crippen LogP contribution in [0.25, 0.3) is 16.9 Å². The number of aromatic nitrogens is 5. The Morgan fingerprint density at radius 1 is 1.32 bits per heavy atom. The number of hydrogen-bond acceptors (Lipinski definition) is 5. The van der Waals surface area contributed by atoms with Crippen molar-refractivity contribution in [2.24, 2.45) is 0 Å². The molecular weight excluding hydrogens is 268 g/mol. The van der Waals surface area contributed by atoms with Crippen LogP contribution in [0, 0.1) is 4.91 Å². The minimum Gasteiger partial charge on any atom is -0.261 e. The highest BCUT2D eigenvalue weighted by Gasteiger charge is 2.18. The molecule has 0 radical (unpaired) electrons. The van der Waals surface area contributed by atoms with Crippen LogP contribution in [0.4, 0.5) is 5.69 Å². The summed E-state index contributed by atoms with van der Waals surface area (Å²) < 4.78 is 2.27. The first-order valence-corrected chi connectivity index (χ1v) is 5.76. The average molecular weight is 276 g/mol. The Balaban J connectivity index is 2.17. The van der Waals surface area contributed by atoms with Gasteiger partial charge in [0.25, 0.3) is 0 Å². The SMILES string of the molecule is C[N+](=O)c1cnc(-c2cnn3ccncc23)nc1Cl. The predicted octanol–water partition coefficient (Wildman–Crippen LogP) is 1.88. The number of halogens is 1. The smallest absolute Gasteiger partial charge is 0.261 e. The molecule has 0 amide bonds. The van der Waals surface area contributed by atoms with Gasteiger partial charge in [-0.1, -0.05) is 11.6 Å². The summed E-state index contributed by atoms with van der Waals surface area (Å²) in [4.78, 5) is 23.5. The van der Waals surface area contributed by atoms with Crippen LogP contribution >= 0.6 is 11.6 Å². The normalized spacial score (nSPS) is 10.8. The van der Waals surface area contributed by atoms with Gasteiger partial charge in [-0.3, -0.25) is 4.98 Å². The Morgan fingerprint density at radius 2 is 2.16 bits per heavy atom. The zero-order valence-electron chi connectivity index (χ0n) is 9.86. The van der Waals surface area contributed by atoms with Gasteiger partial charge in [0.2, 0.25) is 5.15 Å². The number of rotatable bonds is 2. The van der Waals surface area contributed by atoms with Crippen molar-refractivity contribution in [3.63, 3.8) is 0 Å². The Hall–Kier alpha value is -2.41. The lowest BCUT2D eigenvalue weighted by Gasteiger charge is -1.98. The third kappa shape index (κ3) is 1.93. The van der Waals surface area contributed by atoms with Crippen LogP contribution < -0.4 is 0 Å². The Morgan fingerprint density at radius 3 is 2.89 bits per heavy atom. The van der Waals surface area contributed by atoms with Crippen molar-refractivity contribution in [1.29, 1.82) is 0 Å². The summed E-state index contributed by atoms with van der Waals surface area (Å²) in [5.41, 5.74) is 1.69. The van der Waals surface area contributed by atoms with E-state index in [-0.39, 0.29) is 10.8 Å².